The lowest BCUT2D eigenvalue weighted by molar-refractivity contribution is -0.132. The summed E-state index contributed by atoms with van der Waals surface area (Å²) < 4.78 is 23.4. The summed E-state index contributed by atoms with van der Waals surface area (Å²) in [6.45, 7) is 3.40. The molecule has 0 saturated heterocycles. The third kappa shape index (κ3) is 3.82. The van der Waals surface area contributed by atoms with Gasteiger partial charge < -0.3 is 4.90 Å². The van der Waals surface area contributed by atoms with Crippen molar-refractivity contribution < 1.29 is 13.2 Å². The number of nitrogens with zero attached hydrogens (tertiary/aromatic N) is 1. The molecule has 1 aromatic carbocycles. The number of hydrogen-bond donors (Lipinski definition) is 0. The Morgan fingerprint density at radius 2 is 2.05 bits per heavy atom. The molecule has 0 heterocycles. The largest absolute Gasteiger partial charge is 0.342 e. The van der Waals surface area contributed by atoms with E-state index in [1.165, 1.54) is 0 Å². The molecule has 122 valence electrons. The Bertz CT molecular complexity index is 659. The van der Waals surface area contributed by atoms with Crippen LogP contribution < -0.4 is 0 Å². The highest BCUT2D eigenvalue weighted by atomic mass is 35.5. The second-order valence-corrected chi connectivity index (χ2v) is 8.77. The lowest BCUT2D eigenvalue weighted by Crippen LogP contribution is -2.40. The van der Waals surface area contributed by atoms with Crippen molar-refractivity contribution in [3.8, 4) is 0 Å². The van der Waals surface area contributed by atoms with Crippen molar-refractivity contribution in [1.29, 1.82) is 0 Å². The van der Waals surface area contributed by atoms with Gasteiger partial charge in [0.1, 0.15) is 0 Å². The number of amides is 1. The number of hydrogen-bond acceptors (Lipinski definition) is 3. The van der Waals surface area contributed by atoms with Crippen LogP contribution in [0.3, 0.4) is 0 Å². The Balaban J connectivity index is 2.00. The van der Waals surface area contributed by atoms with Gasteiger partial charge in [-0.2, -0.15) is 0 Å². The molecule has 0 aliphatic heterocycles. The summed E-state index contributed by atoms with van der Waals surface area (Å²) in [5.41, 5.74) is 1.00. The minimum absolute atomic E-state index is 0.00345. The van der Waals surface area contributed by atoms with Gasteiger partial charge in [-0.15, -0.1) is 0 Å². The zero-order valence-electron chi connectivity index (χ0n) is 13.1. The van der Waals surface area contributed by atoms with Crippen LogP contribution >= 0.6 is 11.6 Å². The fourth-order valence-corrected chi connectivity index (χ4v) is 4.13. The fourth-order valence-electron chi connectivity index (χ4n) is 2.66. The molecule has 0 spiro atoms. The Labute approximate surface area is 137 Å². The standard InChI is InChI=1S/C16H22ClNO3S/c1-4-22(20,21)10-11(2)18(3)16(19)14-9-13(14)12-7-5-6-8-15(12)17/h5-8,11,13-14H,4,9-10H2,1-3H3/t11-,13-,14+/m0/s1. The van der Waals surface area contributed by atoms with Crippen molar-refractivity contribution in [3.63, 3.8) is 0 Å². The first-order valence-electron chi connectivity index (χ1n) is 7.48. The molecular weight excluding hydrogens is 322 g/mol. The highest BCUT2D eigenvalue weighted by Crippen LogP contribution is 2.50. The first kappa shape index (κ1) is 17.3. The fraction of sp³-hybridized carbons (Fsp3) is 0.562. The van der Waals surface area contributed by atoms with Gasteiger partial charge in [0.25, 0.3) is 0 Å². The predicted octanol–water partition coefficient (Wildman–Crippen LogP) is 2.73. The molecule has 0 N–H and O–H groups in total. The monoisotopic (exact) mass is 343 g/mol. The van der Waals surface area contributed by atoms with Gasteiger partial charge in [-0.05, 0) is 30.9 Å². The molecule has 0 radical (unpaired) electrons. The molecule has 0 bridgehead atoms. The molecule has 0 unspecified atom stereocenters. The maximum Gasteiger partial charge on any atom is 0.226 e. The average Bonchev–Trinajstić information content (AvgIpc) is 3.26. The van der Waals surface area contributed by atoms with E-state index in [-0.39, 0.29) is 35.3 Å². The topological polar surface area (TPSA) is 54.5 Å². The first-order chi connectivity index (χ1) is 10.3. The molecule has 3 atom stereocenters. The molecule has 1 aliphatic carbocycles. The van der Waals surface area contributed by atoms with Crippen LogP contribution in [0.15, 0.2) is 24.3 Å². The summed E-state index contributed by atoms with van der Waals surface area (Å²) in [5.74, 6) is 0.180. The Hall–Kier alpha value is -1.07. The van der Waals surface area contributed by atoms with Gasteiger partial charge in [0.05, 0.1) is 5.75 Å². The quantitative estimate of drug-likeness (QED) is 0.798. The minimum Gasteiger partial charge on any atom is -0.342 e. The molecule has 0 aromatic heterocycles. The van der Waals surface area contributed by atoms with Gasteiger partial charge >= 0.3 is 0 Å². The summed E-state index contributed by atoms with van der Waals surface area (Å²) in [7, 11) is -1.41. The summed E-state index contributed by atoms with van der Waals surface area (Å²) >= 11 is 6.17. The predicted molar refractivity (Wildman–Crippen MR) is 88.9 cm³/mol. The van der Waals surface area contributed by atoms with Crippen LogP contribution in [0.1, 0.15) is 31.7 Å². The summed E-state index contributed by atoms with van der Waals surface area (Å²) in [6.07, 6.45) is 0.778. The third-order valence-corrected chi connectivity index (χ3v) is 6.57. The van der Waals surface area contributed by atoms with E-state index in [2.05, 4.69) is 0 Å². The molecule has 1 fully saturated rings. The van der Waals surface area contributed by atoms with Crippen molar-refractivity contribution in [2.24, 2.45) is 5.92 Å². The van der Waals surface area contributed by atoms with E-state index in [0.29, 0.717) is 5.02 Å². The zero-order valence-corrected chi connectivity index (χ0v) is 14.7. The molecule has 6 heteroatoms. The van der Waals surface area contributed by atoms with Crippen LogP contribution in [-0.2, 0) is 14.6 Å². The van der Waals surface area contributed by atoms with Crippen LogP contribution in [0.25, 0.3) is 0 Å². The minimum atomic E-state index is -3.09. The van der Waals surface area contributed by atoms with Gasteiger partial charge in [0, 0.05) is 29.8 Å². The number of sulfone groups is 1. The number of benzene rings is 1. The number of halogens is 1. The van der Waals surface area contributed by atoms with Gasteiger partial charge in [-0.3, -0.25) is 4.79 Å². The first-order valence-corrected chi connectivity index (χ1v) is 9.68. The Morgan fingerprint density at radius 3 is 2.64 bits per heavy atom. The van der Waals surface area contributed by atoms with E-state index in [9.17, 15) is 13.2 Å². The SMILES string of the molecule is CCS(=O)(=O)C[C@H](C)N(C)C(=O)[C@@H]1C[C@H]1c1ccccc1Cl. The Morgan fingerprint density at radius 1 is 1.41 bits per heavy atom. The van der Waals surface area contributed by atoms with E-state index < -0.39 is 9.84 Å². The van der Waals surface area contributed by atoms with E-state index in [4.69, 9.17) is 11.6 Å². The third-order valence-electron chi connectivity index (χ3n) is 4.36. The number of carbonyl (C=O) groups is 1. The zero-order chi connectivity index (χ0) is 16.5. The Kier molecular flexibility index (Phi) is 5.17. The van der Waals surface area contributed by atoms with Crippen molar-refractivity contribution >= 4 is 27.3 Å². The van der Waals surface area contributed by atoms with E-state index in [1.807, 2.05) is 24.3 Å². The molecular formula is C16H22ClNO3S. The normalized spacial score (nSPS) is 22.2. The summed E-state index contributed by atoms with van der Waals surface area (Å²) in [6, 6.07) is 7.25. The van der Waals surface area contributed by atoms with Crippen molar-refractivity contribution in [2.75, 3.05) is 18.6 Å². The number of rotatable bonds is 6. The van der Waals surface area contributed by atoms with Gasteiger partial charge in [-0.1, -0.05) is 36.7 Å². The van der Waals surface area contributed by atoms with Gasteiger partial charge in [-0.25, -0.2) is 8.42 Å². The van der Waals surface area contributed by atoms with Crippen molar-refractivity contribution in [2.45, 2.75) is 32.2 Å². The van der Waals surface area contributed by atoms with Crippen LogP contribution in [0, 0.1) is 5.92 Å². The molecule has 22 heavy (non-hydrogen) atoms. The lowest BCUT2D eigenvalue weighted by Gasteiger charge is -2.25. The maximum absolute atomic E-state index is 12.5. The van der Waals surface area contributed by atoms with Crippen LogP contribution in [0.5, 0.6) is 0 Å². The highest BCUT2D eigenvalue weighted by Gasteiger charge is 2.46. The van der Waals surface area contributed by atoms with Gasteiger partial charge in [0.15, 0.2) is 9.84 Å². The van der Waals surface area contributed by atoms with Crippen LogP contribution in [-0.4, -0.2) is 43.8 Å². The van der Waals surface area contributed by atoms with E-state index >= 15 is 0 Å². The van der Waals surface area contributed by atoms with E-state index in [1.54, 1.807) is 25.8 Å². The molecule has 1 amide bonds. The smallest absolute Gasteiger partial charge is 0.226 e. The summed E-state index contributed by atoms with van der Waals surface area (Å²) in [5, 5.41) is 0.687. The lowest BCUT2D eigenvalue weighted by atomic mass is 10.1. The molecule has 1 saturated carbocycles. The second kappa shape index (κ2) is 6.59. The van der Waals surface area contributed by atoms with Crippen LogP contribution in [0.2, 0.25) is 5.02 Å². The molecule has 4 nitrogen and oxygen atoms in total. The average molecular weight is 344 g/mol. The molecule has 1 aliphatic rings. The second-order valence-electron chi connectivity index (χ2n) is 5.97. The van der Waals surface area contributed by atoms with Crippen molar-refractivity contribution in [3.05, 3.63) is 34.9 Å². The van der Waals surface area contributed by atoms with E-state index in [0.717, 1.165) is 12.0 Å². The highest BCUT2D eigenvalue weighted by molar-refractivity contribution is 7.91. The van der Waals surface area contributed by atoms with Crippen molar-refractivity contribution in [1.82, 2.24) is 4.90 Å². The maximum atomic E-state index is 12.5. The van der Waals surface area contributed by atoms with Crippen LogP contribution in [0.4, 0.5) is 0 Å². The number of carbonyl (C=O) groups excluding carboxylic acids is 1. The molecule has 1 aromatic rings. The molecule has 2 rings (SSSR count). The summed E-state index contributed by atoms with van der Waals surface area (Å²) in [4.78, 5) is 14.1. The van der Waals surface area contributed by atoms with Gasteiger partial charge in [0.2, 0.25) is 5.91 Å².